The average molecular weight is 269 g/mol. The Labute approximate surface area is 112 Å². The summed E-state index contributed by atoms with van der Waals surface area (Å²) in [6, 6.07) is 9.71. The number of halogens is 1. The summed E-state index contributed by atoms with van der Waals surface area (Å²) in [7, 11) is 0. The molecule has 0 unspecified atom stereocenters. The van der Waals surface area contributed by atoms with Gasteiger partial charge >= 0.3 is 0 Å². The summed E-state index contributed by atoms with van der Waals surface area (Å²) in [5, 5.41) is -0.482. The molecule has 0 aliphatic carbocycles. The highest BCUT2D eigenvalue weighted by atomic mass is 35.5. The molecule has 18 heavy (non-hydrogen) atoms. The van der Waals surface area contributed by atoms with E-state index >= 15 is 0 Å². The van der Waals surface area contributed by atoms with Gasteiger partial charge in [-0.1, -0.05) is 30.3 Å². The van der Waals surface area contributed by atoms with Crippen molar-refractivity contribution in [1.29, 1.82) is 0 Å². The molecular weight excluding hydrogens is 252 g/mol. The van der Waals surface area contributed by atoms with E-state index in [0.717, 1.165) is 5.56 Å². The second kappa shape index (κ2) is 5.00. The fourth-order valence-electron chi connectivity index (χ4n) is 2.17. The second-order valence-corrected chi connectivity index (χ2v) is 5.61. The maximum Gasteiger partial charge on any atom is 0.256 e. The molecule has 1 aromatic rings. The summed E-state index contributed by atoms with van der Waals surface area (Å²) in [6.07, 6.45) is 0.481. The number of ether oxygens (including phenoxy) is 2. The monoisotopic (exact) mass is 268 g/mol. The lowest BCUT2D eigenvalue weighted by Crippen LogP contribution is -2.40. The predicted molar refractivity (Wildman–Crippen MR) is 69.5 cm³/mol. The van der Waals surface area contributed by atoms with Gasteiger partial charge in [-0.3, -0.25) is 4.79 Å². The molecule has 3 nitrogen and oxygen atoms in total. The van der Waals surface area contributed by atoms with E-state index < -0.39 is 10.8 Å². The largest absolute Gasteiger partial charge is 0.372 e. The van der Waals surface area contributed by atoms with Crippen LogP contribution in [0.25, 0.3) is 0 Å². The maximum atomic E-state index is 11.6. The van der Waals surface area contributed by atoms with Crippen LogP contribution in [-0.2, 0) is 20.9 Å². The van der Waals surface area contributed by atoms with Gasteiger partial charge in [0.05, 0.1) is 18.8 Å². The third-order valence-corrected chi connectivity index (χ3v) is 3.47. The Bertz CT molecular complexity index is 430. The van der Waals surface area contributed by atoms with Gasteiger partial charge in [0, 0.05) is 6.42 Å². The lowest BCUT2D eigenvalue weighted by atomic mass is 9.94. The number of rotatable bonds is 4. The molecule has 0 N–H and O–H groups in total. The van der Waals surface area contributed by atoms with Crippen molar-refractivity contribution in [3.63, 3.8) is 0 Å². The first-order valence-electron chi connectivity index (χ1n) is 5.95. The first kappa shape index (κ1) is 13.5. The first-order chi connectivity index (χ1) is 8.44. The van der Waals surface area contributed by atoms with Gasteiger partial charge in [0.15, 0.2) is 5.60 Å². The van der Waals surface area contributed by atoms with Crippen molar-refractivity contribution in [2.45, 2.75) is 38.1 Å². The van der Waals surface area contributed by atoms with Crippen LogP contribution in [0.15, 0.2) is 30.3 Å². The van der Waals surface area contributed by atoms with Crippen LogP contribution in [0.2, 0.25) is 0 Å². The van der Waals surface area contributed by atoms with E-state index in [1.54, 1.807) is 0 Å². The molecule has 1 fully saturated rings. The van der Waals surface area contributed by atoms with Crippen molar-refractivity contribution in [2.75, 3.05) is 6.61 Å². The normalized spacial score (nSPS) is 26.2. The number of hydrogen-bond donors (Lipinski definition) is 0. The fourth-order valence-corrected chi connectivity index (χ4v) is 2.35. The smallest absolute Gasteiger partial charge is 0.256 e. The van der Waals surface area contributed by atoms with E-state index in [1.165, 1.54) is 0 Å². The summed E-state index contributed by atoms with van der Waals surface area (Å²) in [6.45, 7) is 4.44. The molecule has 0 bridgehead atoms. The van der Waals surface area contributed by atoms with Crippen LogP contribution in [0.4, 0.5) is 0 Å². The zero-order valence-electron chi connectivity index (χ0n) is 10.6. The van der Waals surface area contributed by atoms with E-state index in [0.29, 0.717) is 13.0 Å². The average Bonchev–Trinajstić information content (AvgIpc) is 2.65. The topological polar surface area (TPSA) is 35.5 Å². The van der Waals surface area contributed by atoms with Crippen molar-refractivity contribution >= 4 is 16.8 Å². The lowest BCUT2D eigenvalue weighted by Gasteiger charge is -2.25. The Morgan fingerprint density at radius 3 is 2.56 bits per heavy atom. The molecule has 2 rings (SSSR count). The molecule has 4 heteroatoms. The minimum absolute atomic E-state index is 0.217. The molecule has 0 saturated carbocycles. The zero-order valence-corrected chi connectivity index (χ0v) is 11.4. The lowest BCUT2D eigenvalue weighted by molar-refractivity contribution is -0.137. The molecule has 98 valence electrons. The summed E-state index contributed by atoms with van der Waals surface area (Å²) < 4.78 is 11.3. The van der Waals surface area contributed by atoms with Crippen molar-refractivity contribution in [3.05, 3.63) is 35.9 Å². The number of carbonyl (C=O) groups is 1. The van der Waals surface area contributed by atoms with E-state index in [9.17, 15) is 4.79 Å². The molecule has 1 aliphatic rings. The molecule has 0 amide bonds. The Kier molecular flexibility index (Phi) is 3.76. The Morgan fingerprint density at radius 1 is 1.39 bits per heavy atom. The van der Waals surface area contributed by atoms with Crippen molar-refractivity contribution in [2.24, 2.45) is 0 Å². The van der Waals surface area contributed by atoms with Crippen LogP contribution in [0.5, 0.6) is 0 Å². The van der Waals surface area contributed by atoms with Gasteiger partial charge < -0.3 is 9.47 Å². The Morgan fingerprint density at radius 2 is 2.06 bits per heavy atom. The van der Waals surface area contributed by atoms with Crippen LogP contribution in [0.1, 0.15) is 25.8 Å². The summed E-state index contributed by atoms with van der Waals surface area (Å²) in [4.78, 5) is 11.6. The van der Waals surface area contributed by atoms with Crippen LogP contribution in [0.3, 0.4) is 0 Å². The molecule has 0 aromatic heterocycles. The van der Waals surface area contributed by atoms with Gasteiger partial charge in [0.1, 0.15) is 0 Å². The Balaban J connectivity index is 2.07. The Hall–Kier alpha value is -0.900. The SMILES string of the molecule is CC1(C)C[C@@](OCc2ccccc2)(C(=O)Cl)CO1. The number of carbonyl (C=O) groups excluding carboxylic acids is 1. The van der Waals surface area contributed by atoms with Crippen LogP contribution >= 0.6 is 11.6 Å². The highest BCUT2D eigenvalue weighted by molar-refractivity contribution is 6.65. The predicted octanol–water partition coefficient (Wildman–Crippen LogP) is 2.91. The molecular formula is C14H17ClO3. The van der Waals surface area contributed by atoms with Crippen LogP contribution in [0, 0.1) is 0 Å². The van der Waals surface area contributed by atoms with Gasteiger partial charge in [-0.2, -0.15) is 0 Å². The van der Waals surface area contributed by atoms with E-state index in [2.05, 4.69) is 0 Å². The van der Waals surface area contributed by atoms with Gasteiger partial charge in [-0.05, 0) is 31.0 Å². The zero-order chi connectivity index (χ0) is 13.2. The molecule has 1 aromatic carbocycles. The van der Waals surface area contributed by atoms with E-state index in [-0.39, 0.29) is 12.2 Å². The molecule has 1 aliphatic heterocycles. The number of benzene rings is 1. The highest BCUT2D eigenvalue weighted by Crippen LogP contribution is 2.37. The molecule has 1 saturated heterocycles. The third-order valence-electron chi connectivity index (χ3n) is 3.12. The van der Waals surface area contributed by atoms with Crippen molar-refractivity contribution in [3.8, 4) is 0 Å². The highest BCUT2D eigenvalue weighted by Gasteiger charge is 2.50. The molecule has 1 heterocycles. The van der Waals surface area contributed by atoms with Crippen molar-refractivity contribution in [1.82, 2.24) is 0 Å². The minimum Gasteiger partial charge on any atom is -0.372 e. The first-order valence-corrected chi connectivity index (χ1v) is 6.33. The summed E-state index contributed by atoms with van der Waals surface area (Å²) in [5.74, 6) is 0. The molecule has 1 atom stereocenters. The minimum atomic E-state index is -1.01. The second-order valence-electron chi connectivity index (χ2n) is 5.27. The third kappa shape index (κ3) is 2.91. The van der Waals surface area contributed by atoms with E-state index in [1.807, 2.05) is 44.2 Å². The summed E-state index contributed by atoms with van der Waals surface area (Å²) in [5.41, 5.74) is -0.373. The van der Waals surface area contributed by atoms with Crippen LogP contribution in [-0.4, -0.2) is 23.1 Å². The molecule has 0 radical (unpaired) electrons. The van der Waals surface area contributed by atoms with Crippen molar-refractivity contribution < 1.29 is 14.3 Å². The standard InChI is InChI=1S/C14H17ClO3/c1-13(2)9-14(10-18-13,12(15)16)17-8-11-6-4-3-5-7-11/h3-7H,8-10H2,1-2H3/t14-/m0/s1. The van der Waals surface area contributed by atoms with Gasteiger partial charge in [-0.15, -0.1) is 0 Å². The fraction of sp³-hybridized carbons (Fsp3) is 0.500. The summed E-state index contributed by atoms with van der Waals surface area (Å²) >= 11 is 5.69. The van der Waals surface area contributed by atoms with E-state index in [4.69, 9.17) is 21.1 Å². The maximum absolute atomic E-state index is 11.6. The van der Waals surface area contributed by atoms with Gasteiger partial charge in [-0.25, -0.2) is 0 Å². The quantitative estimate of drug-likeness (QED) is 0.788. The molecule has 0 spiro atoms. The van der Waals surface area contributed by atoms with Gasteiger partial charge in [0.25, 0.3) is 5.24 Å². The number of hydrogen-bond acceptors (Lipinski definition) is 3. The van der Waals surface area contributed by atoms with Gasteiger partial charge in [0.2, 0.25) is 0 Å². The van der Waals surface area contributed by atoms with Crippen LogP contribution < -0.4 is 0 Å².